The van der Waals surface area contributed by atoms with Crippen molar-refractivity contribution in [1.29, 1.82) is 0 Å². The third-order valence-corrected chi connectivity index (χ3v) is 7.04. The van der Waals surface area contributed by atoms with Crippen molar-refractivity contribution in [1.82, 2.24) is 15.2 Å². The number of carboxylic acids is 1. The highest BCUT2D eigenvalue weighted by Crippen LogP contribution is 2.49. The molecule has 1 fully saturated rings. The minimum Gasteiger partial charge on any atom is -0.477 e. The number of carboxylic acid groups (broad SMARTS) is 1. The lowest BCUT2D eigenvalue weighted by molar-refractivity contribution is -0.148. The van der Waals surface area contributed by atoms with Crippen LogP contribution in [0.1, 0.15) is 19.0 Å². The molecule has 0 aliphatic carbocycles. The number of fused-ring (bicyclic) bond motifs is 1. The first-order valence-electron chi connectivity index (χ1n) is 7.97. The molecule has 0 aromatic carbocycles. The van der Waals surface area contributed by atoms with Crippen LogP contribution < -0.4 is 5.32 Å². The van der Waals surface area contributed by atoms with Gasteiger partial charge in [-0.2, -0.15) is 0 Å². The molecular formula is C16H17N3O4S2. The van der Waals surface area contributed by atoms with Gasteiger partial charge in [-0.05, 0) is 5.57 Å². The Hall–Kier alpha value is -1.68. The van der Waals surface area contributed by atoms with Crippen LogP contribution >= 0.6 is 23.1 Å². The predicted molar refractivity (Wildman–Crippen MR) is 93.9 cm³/mol. The second-order valence-corrected chi connectivity index (χ2v) is 8.45. The Morgan fingerprint density at radius 1 is 1.56 bits per heavy atom. The van der Waals surface area contributed by atoms with Gasteiger partial charge in [0, 0.05) is 35.2 Å². The molecule has 0 spiro atoms. The third kappa shape index (κ3) is 2.71. The van der Waals surface area contributed by atoms with E-state index < -0.39 is 5.97 Å². The summed E-state index contributed by atoms with van der Waals surface area (Å²) in [7, 11) is 0. The van der Waals surface area contributed by atoms with Crippen molar-refractivity contribution in [2.75, 3.05) is 13.2 Å². The van der Waals surface area contributed by atoms with Gasteiger partial charge in [-0.15, -0.1) is 11.3 Å². The standard InChI is InChI=1S/C16H17N3O4S2/c1-7-11-3-12(21)19(11)13(15(22)23)14(7)25-16-18-10(6-24-16)8-2-9(5-20)17-4-8/h2,6-7,9,11,17,20H,3-5H2,1H3,(H,22,23)/t7?,9-,11?/m0/s1. The van der Waals surface area contributed by atoms with Crippen molar-refractivity contribution in [3.8, 4) is 0 Å². The Balaban J connectivity index is 1.59. The van der Waals surface area contributed by atoms with Crippen LogP contribution in [0.5, 0.6) is 0 Å². The van der Waals surface area contributed by atoms with Crippen molar-refractivity contribution in [2.24, 2.45) is 5.92 Å². The Kier molecular flexibility index (Phi) is 4.19. The summed E-state index contributed by atoms with van der Waals surface area (Å²) in [5.41, 5.74) is 1.99. The molecule has 25 heavy (non-hydrogen) atoms. The molecule has 4 rings (SSSR count). The summed E-state index contributed by atoms with van der Waals surface area (Å²) in [6.07, 6.45) is 2.38. The van der Waals surface area contributed by atoms with Gasteiger partial charge in [0.2, 0.25) is 5.91 Å². The van der Waals surface area contributed by atoms with Crippen molar-refractivity contribution in [2.45, 2.75) is 29.8 Å². The van der Waals surface area contributed by atoms with Crippen LogP contribution in [0.25, 0.3) is 5.57 Å². The Labute approximate surface area is 152 Å². The van der Waals surface area contributed by atoms with E-state index in [0.717, 1.165) is 15.6 Å². The van der Waals surface area contributed by atoms with Crippen LogP contribution in [-0.2, 0) is 9.59 Å². The van der Waals surface area contributed by atoms with E-state index in [9.17, 15) is 19.8 Å². The van der Waals surface area contributed by atoms with E-state index in [1.54, 1.807) is 0 Å². The van der Waals surface area contributed by atoms with E-state index in [1.807, 2.05) is 18.4 Å². The molecule has 1 saturated heterocycles. The van der Waals surface area contributed by atoms with Gasteiger partial charge in [-0.1, -0.05) is 24.8 Å². The van der Waals surface area contributed by atoms with Crippen molar-refractivity contribution < 1.29 is 19.8 Å². The molecule has 9 heteroatoms. The fourth-order valence-corrected chi connectivity index (χ4v) is 5.56. The lowest BCUT2D eigenvalue weighted by atomic mass is 9.94. The zero-order chi connectivity index (χ0) is 17.7. The predicted octanol–water partition coefficient (Wildman–Crippen LogP) is 1.13. The summed E-state index contributed by atoms with van der Waals surface area (Å²) < 4.78 is 0.763. The molecule has 2 unspecified atom stereocenters. The van der Waals surface area contributed by atoms with E-state index in [4.69, 9.17) is 0 Å². The van der Waals surface area contributed by atoms with Crippen LogP contribution in [0, 0.1) is 5.92 Å². The van der Waals surface area contributed by atoms with Gasteiger partial charge in [-0.3, -0.25) is 4.79 Å². The first-order valence-corrected chi connectivity index (χ1v) is 9.67. The van der Waals surface area contributed by atoms with E-state index in [2.05, 4.69) is 10.3 Å². The average Bonchev–Trinajstić information content (AvgIpc) is 3.26. The van der Waals surface area contributed by atoms with Gasteiger partial charge in [0.15, 0.2) is 4.34 Å². The topological polar surface area (TPSA) is 103 Å². The molecule has 0 saturated carbocycles. The molecular weight excluding hydrogens is 362 g/mol. The maximum Gasteiger partial charge on any atom is 0.353 e. The van der Waals surface area contributed by atoms with E-state index in [0.29, 0.717) is 17.9 Å². The first kappa shape index (κ1) is 16.8. The molecule has 132 valence electrons. The van der Waals surface area contributed by atoms with Crippen molar-refractivity contribution >= 4 is 40.5 Å². The lowest BCUT2D eigenvalue weighted by Gasteiger charge is -2.37. The molecule has 7 nitrogen and oxygen atoms in total. The zero-order valence-electron chi connectivity index (χ0n) is 13.4. The fraction of sp³-hybridized carbons (Fsp3) is 0.438. The number of carbonyl (C=O) groups excluding carboxylic acids is 1. The highest BCUT2D eigenvalue weighted by molar-refractivity contribution is 8.04. The smallest absolute Gasteiger partial charge is 0.353 e. The fourth-order valence-electron chi connectivity index (χ4n) is 3.43. The number of nitrogens with one attached hydrogen (secondary N) is 1. The third-order valence-electron chi connectivity index (χ3n) is 4.81. The molecule has 3 aliphatic heterocycles. The molecule has 1 aromatic heterocycles. The van der Waals surface area contributed by atoms with Crippen molar-refractivity contribution in [3.63, 3.8) is 0 Å². The van der Waals surface area contributed by atoms with Crippen LogP contribution in [0.3, 0.4) is 0 Å². The molecule has 1 aromatic rings. The number of aliphatic hydroxyl groups excluding tert-OH is 1. The second kappa shape index (κ2) is 6.24. The SMILES string of the molecule is CC1C(Sc2nc(C3=C[C@@H](CO)NC3)cs2)=C(C(=O)O)N2C(=O)CC12. The highest BCUT2D eigenvalue weighted by atomic mass is 32.2. The number of carbonyl (C=O) groups is 2. The molecule has 0 radical (unpaired) electrons. The summed E-state index contributed by atoms with van der Waals surface area (Å²) in [6.45, 7) is 2.67. The van der Waals surface area contributed by atoms with Crippen LogP contribution in [0.4, 0.5) is 0 Å². The lowest BCUT2D eigenvalue weighted by Crippen LogP contribution is -2.51. The summed E-state index contributed by atoms with van der Waals surface area (Å²) in [4.78, 5) is 30.1. The summed E-state index contributed by atoms with van der Waals surface area (Å²) in [6, 6.07) is -0.0778. The van der Waals surface area contributed by atoms with Crippen LogP contribution in [-0.4, -0.2) is 57.2 Å². The second-order valence-electron chi connectivity index (χ2n) is 6.30. The zero-order valence-corrected chi connectivity index (χ0v) is 15.1. The number of nitrogens with zero attached hydrogens (tertiary/aromatic N) is 2. The Bertz CT molecular complexity index is 816. The van der Waals surface area contributed by atoms with Gasteiger partial charge in [-0.25, -0.2) is 9.78 Å². The number of aliphatic carboxylic acids is 1. The maximum absolute atomic E-state index is 11.8. The number of aromatic nitrogens is 1. The molecule has 3 aliphatic rings. The molecule has 1 amide bonds. The number of aliphatic hydroxyl groups is 1. The number of hydrogen-bond acceptors (Lipinski definition) is 7. The normalized spacial score (nSPS) is 28.2. The van der Waals surface area contributed by atoms with Gasteiger partial charge in [0.05, 0.1) is 18.3 Å². The van der Waals surface area contributed by atoms with Crippen molar-refractivity contribution in [3.05, 3.63) is 27.8 Å². The summed E-state index contributed by atoms with van der Waals surface area (Å²) >= 11 is 2.81. The summed E-state index contributed by atoms with van der Waals surface area (Å²) in [5, 5.41) is 23.8. The Morgan fingerprint density at radius 3 is 3.00 bits per heavy atom. The number of amides is 1. The largest absolute Gasteiger partial charge is 0.477 e. The molecule has 4 heterocycles. The van der Waals surface area contributed by atoms with Crippen LogP contribution in [0.2, 0.25) is 0 Å². The van der Waals surface area contributed by atoms with E-state index in [1.165, 1.54) is 28.0 Å². The Morgan fingerprint density at radius 2 is 2.36 bits per heavy atom. The minimum absolute atomic E-state index is 0.00674. The number of thiazole rings is 1. The number of rotatable bonds is 5. The highest BCUT2D eigenvalue weighted by Gasteiger charge is 2.52. The average molecular weight is 379 g/mol. The molecule has 3 atom stereocenters. The van der Waals surface area contributed by atoms with E-state index >= 15 is 0 Å². The van der Waals surface area contributed by atoms with Gasteiger partial charge >= 0.3 is 5.97 Å². The summed E-state index contributed by atoms with van der Waals surface area (Å²) in [5.74, 6) is -1.18. The van der Waals surface area contributed by atoms with Gasteiger partial charge in [0.1, 0.15) is 5.70 Å². The number of β-lactam (4-membered cyclic amide) rings is 1. The van der Waals surface area contributed by atoms with Gasteiger partial charge < -0.3 is 20.4 Å². The number of hydrogen-bond donors (Lipinski definition) is 3. The molecule has 0 bridgehead atoms. The molecule has 3 N–H and O–H groups in total. The van der Waals surface area contributed by atoms with Gasteiger partial charge in [0.25, 0.3) is 0 Å². The quantitative estimate of drug-likeness (QED) is 0.659. The minimum atomic E-state index is -1.06. The van der Waals surface area contributed by atoms with Crippen LogP contribution in [0.15, 0.2) is 26.4 Å². The van der Waals surface area contributed by atoms with E-state index in [-0.39, 0.29) is 36.2 Å². The number of thioether (sulfide) groups is 1. The first-order chi connectivity index (χ1) is 12.0. The maximum atomic E-state index is 11.8. The monoisotopic (exact) mass is 379 g/mol.